The van der Waals surface area contributed by atoms with E-state index in [4.69, 9.17) is 6.85 Å². The molecule has 1 saturated heterocycles. The van der Waals surface area contributed by atoms with Gasteiger partial charge in [-0.1, -0.05) is 31.5 Å². The number of anilines is 1. The van der Waals surface area contributed by atoms with E-state index >= 15 is 0 Å². The van der Waals surface area contributed by atoms with Gasteiger partial charge < -0.3 is 9.80 Å². The lowest BCUT2D eigenvalue weighted by Gasteiger charge is -2.35. The number of carbonyl (C=O) groups excluding carboxylic acids is 1. The van der Waals surface area contributed by atoms with Crippen molar-refractivity contribution in [3.8, 4) is 0 Å². The molecule has 118 valence electrons. The van der Waals surface area contributed by atoms with Gasteiger partial charge in [0.15, 0.2) is 0 Å². The molecule has 4 heteroatoms. The first kappa shape index (κ1) is 11.5. The number of benzene rings is 1. The van der Waals surface area contributed by atoms with Crippen molar-refractivity contribution < 1.29 is 11.6 Å². The molecule has 1 aliphatic heterocycles. The number of para-hydroxylation sites is 1. The Bertz CT molecular complexity index is 576. The van der Waals surface area contributed by atoms with E-state index in [1.807, 2.05) is 6.92 Å². The van der Waals surface area contributed by atoms with Crippen molar-refractivity contribution in [2.75, 3.05) is 24.5 Å². The molecule has 0 N–H and O–H groups in total. The molecule has 0 aliphatic carbocycles. The molecule has 2 rings (SSSR count). The van der Waals surface area contributed by atoms with Crippen LogP contribution < -0.4 is 4.90 Å². The van der Waals surface area contributed by atoms with Gasteiger partial charge in [0.1, 0.15) is 0 Å². The van der Waals surface area contributed by atoms with Crippen LogP contribution in [0.25, 0.3) is 0 Å². The van der Waals surface area contributed by atoms with Crippen molar-refractivity contribution in [1.29, 1.82) is 0 Å². The Kier molecular flexibility index (Phi) is 4.96. The van der Waals surface area contributed by atoms with Crippen molar-refractivity contribution in [2.24, 2.45) is 0 Å². The molecule has 1 aromatic rings. The van der Waals surface area contributed by atoms with Crippen LogP contribution in [0.4, 0.5) is 5.69 Å². The quantitative estimate of drug-likeness (QED) is 0.826. The van der Waals surface area contributed by atoms with E-state index in [2.05, 4.69) is 4.90 Å². The second-order valence-corrected chi connectivity index (χ2v) is 5.35. The molecular weight excluding hydrogens is 284 g/mol. The maximum absolute atomic E-state index is 12.9. The lowest BCUT2D eigenvalue weighted by atomic mass is 10.1. The normalized spacial score (nSPS) is 21.7. The number of hydrogen-bond acceptors (Lipinski definition) is 2. The Morgan fingerprint density at radius 1 is 1.33 bits per heavy atom. The van der Waals surface area contributed by atoms with Gasteiger partial charge in [0.05, 0.1) is 0 Å². The summed E-state index contributed by atoms with van der Waals surface area (Å²) in [6, 6.07) is 8.41. The fourth-order valence-electron chi connectivity index (χ4n) is 2.82. The molecule has 0 spiro atoms. The summed E-state index contributed by atoms with van der Waals surface area (Å²) in [6.07, 6.45) is 0.497. The summed E-state index contributed by atoms with van der Waals surface area (Å²) in [5, 5.41) is 0. The number of rotatable bonds is 5. The Morgan fingerprint density at radius 2 is 2.00 bits per heavy atom. The Labute approximate surface area is 141 Å². The zero-order chi connectivity index (χ0) is 18.7. The van der Waals surface area contributed by atoms with Crippen molar-refractivity contribution in [3.63, 3.8) is 0 Å². The molecule has 1 atom stereocenters. The number of halogens is 1. The summed E-state index contributed by atoms with van der Waals surface area (Å²) in [4.78, 5) is 16.4. The number of piperidine rings is 1. The summed E-state index contributed by atoms with van der Waals surface area (Å²) in [6.45, 7) is 1.33. The van der Waals surface area contributed by atoms with Crippen LogP contribution >= 0.6 is 12.4 Å². The van der Waals surface area contributed by atoms with Gasteiger partial charge in [0.25, 0.3) is 0 Å². The average Bonchev–Trinajstić information content (AvgIpc) is 2.55. The fourth-order valence-corrected chi connectivity index (χ4v) is 2.82. The Balaban J connectivity index is 0.00000338. The van der Waals surface area contributed by atoms with E-state index in [1.54, 1.807) is 30.3 Å². The highest BCUT2D eigenvalue weighted by molar-refractivity contribution is 5.93. The maximum Gasteiger partial charge on any atom is 0.226 e. The molecule has 3 nitrogen and oxygen atoms in total. The highest BCUT2D eigenvalue weighted by Gasteiger charge is 2.23. The summed E-state index contributed by atoms with van der Waals surface area (Å²) < 4.78 is 38.0. The highest BCUT2D eigenvalue weighted by atomic mass is 35.5. The molecule has 1 fully saturated rings. The van der Waals surface area contributed by atoms with E-state index in [-0.39, 0.29) is 18.4 Å². The van der Waals surface area contributed by atoms with Gasteiger partial charge in [-0.05, 0) is 45.0 Å². The molecule has 1 aliphatic rings. The largest absolute Gasteiger partial charge is 0.308 e. The van der Waals surface area contributed by atoms with Gasteiger partial charge in [-0.15, -0.1) is 12.4 Å². The van der Waals surface area contributed by atoms with Crippen molar-refractivity contribution >= 4 is 24.0 Å². The van der Waals surface area contributed by atoms with Crippen LogP contribution in [0.2, 0.25) is 0 Å². The van der Waals surface area contributed by atoms with Gasteiger partial charge in [0.2, 0.25) is 5.91 Å². The number of hydrogen-bond donors (Lipinski definition) is 0. The monoisotopic (exact) mass is 315 g/mol. The van der Waals surface area contributed by atoms with Crippen LogP contribution in [-0.2, 0) is 4.79 Å². The second-order valence-electron chi connectivity index (χ2n) is 5.35. The maximum atomic E-state index is 12.9. The van der Waals surface area contributed by atoms with Gasteiger partial charge in [0, 0.05) is 31.5 Å². The van der Waals surface area contributed by atoms with E-state index in [9.17, 15) is 4.79 Å². The van der Waals surface area contributed by atoms with Gasteiger partial charge in [-0.25, -0.2) is 0 Å². The molecule has 0 aromatic heterocycles. The first-order chi connectivity index (χ1) is 11.6. The summed E-state index contributed by atoms with van der Waals surface area (Å²) in [5.41, 5.74) is 0.519. The first-order valence-electron chi connectivity index (χ1n) is 9.75. The summed E-state index contributed by atoms with van der Waals surface area (Å²) in [7, 11) is 0. The van der Waals surface area contributed by atoms with Gasteiger partial charge in [-0.3, -0.25) is 4.79 Å². The van der Waals surface area contributed by atoms with Crippen LogP contribution in [0, 0.1) is 0 Å². The average molecular weight is 316 g/mol. The van der Waals surface area contributed by atoms with E-state index < -0.39 is 19.1 Å². The summed E-state index contributed by atoms with van der Waals surface area (Å²) in [5.74, 6) is -1.01. The van der Waals surface area contributed by atoms with Gasteiger partial charge >= 0.3 is 0 Å². The third-order valence-electron chi connectivity index (χ3n) is 3.77. The molecule has 21 heavy (non-hydrogen) atoms. The Morgan fingerprint density at radius 3 is 2.62 bits per heavy atom. The smallest absolute Gasteiger partial charge is 0.226 e. The van der Waals surface area contributed by atoms with Crippen LogP contribution in [0.15, 0.2) is 30.3 Å². The third kappa shape index (κ3) is 5.01. The van der Waals surface area contributed by atoms with E-state index in [0.717, 1.165) is 25.9 Å². The lowest BCUT2D eigenvalue weighted by Crippen LogP contribution is -2.46. The SMILES string of the molecule is Cl.[2H]C([2H])([2H])C([2H])([2H])C(=O)N(c1ccccc1)C(C)CN1CCCCC1. The van der Waals surface area contributed by atoms with Gasteiger partial charge in [-0.2, -0.15) is 0 Å². The van der Waals surface area contributed by atoms with Crippen molar-refractivity contribution in [1.82, 2.24) is 4.90 Å². The first-order valence-corrected chi connectivity index (χ1v) is 7.25. The van der Waals surface area contributed by atoms with Crippen LogP contribution in [0.5, 0.6) is 0 Å². The standard InChI is InChI=1S/C17H26N2O.ClH/c1-3-17(20)19(16-10-6-4-7-11-16)15(2)14-18-12-8-5-9-13-18;/h4,6-7,10-11,15H,3,5,8-9,12-14H2,1-2H3;1H/i1D3,3D2;. The second kappa shape index (κ2) is 9.06. The third-order valence-corrected chi connectivity index (χ3v) is 3.77. The van der Waals surface area contributed by atoms with E-state index in [0.29, 0.717) is 12.2 Å². The number of likely N-dealkylation sites (tertiary alicyclic amines) is 1. The molecular formula is C17H27ClN2O. The molecule has 0 radical (unpaired) electrons. The topological polar surface area (TPSA) is 23.6 Å². The zero-order valence-corrected chi connectivity index (χ0v) is 13.2. The highest BCUT2D eigenvalue weighted by Crippen LogP contribution is 2.19. The number of nitrogens with zero attached hydrogens (tertiary/aromatic N) is 2. The fraction of sp³-hybridized carbons (Fsp3) is 0.588. The molecule has 0 bridgehead atoms. The molecule has 1 unspecified atom stereocenters. The predicted octanol–water partition coefficient (Wildman–Crippen LogP) is 3.73. The van der Waals surface area contributed by atoms with Crippen molar-refractivity contribution in [2.45, 2.75) is 45.5 Å². The molecule has 0 saturated carbocycles. The minimum Gasteiger partial charge on any atom is -0.308 e. The minimum atomic E-state index is -3.01. The number of amides is 1. The number of carbonyl (C=O) groups is 1. The van der Waals surface area contributed by atoms with Crippen LogP contribution in [-0.4, -0.2) is 36.5 Å². The van der Waals surface area contributed by atoms with Crippen molar-refractivity contribution in [3.05, 3.63) is 30.3 Å². The van der Waals surface area contributed by atoms with Crippen LogP contribution in [0.3, 0.4) is 0 Å². The summed E-state index contributed by atoms with van der Waals surface area (Å²) >= 11 is 0. The lowest BCUT2D eigenvalue weighted by molar-refractivity contribution is -0.118. The predicted molar refractivity (Wildman–Crippen MR) is 91.2 cm³/mol. The molecule has 1 heterocycles. The van der Waals surface area contributed by atoms with E-state index in [1.165, 1.54) is 11.3 Å². The molecule has 1 amide bonds. The molecule has 1 aromatic carbocycles. The zero-order valence-electron chi connectivity index (χ0n) is 17.4. The van der Waals surface area contributed by atoms with Crippen LogP contribution in [0.1, 0.15) is 46.3 Å². The minimum absolute atomic E-state index is 0. The Hall–Kier alpha value is -1.06.